The molecule has 0 saturated heterocycles. The highest BCUT2D eigenvalue weighted by Crippen LogP contribution is 2.33. The number of rotatable bonds is 6. The fourth-order valence-electron chi connectivity index (χ4n) is 3.07. The molecule has 2 unspecified atom stereocenters. The van der Waals surface area contributed by atoms with Crippen LogP contribution in [0, 0.1) is 0 Å². The molecule has 2 atom stereocenters. The Bertz CT molecular complexity index is 727. The van der Waals surface area contributed by atoms with E-state index in [-0.39, 0.29) is 18.2 Å². The van der Waals surface area contributed by atoms with Crippen molar-refractivity contribution in [2.24, 2.45) is 0 Å². The largest absolute Gasteiger partial charge is 0.491 e. The summed E-state index contributed by atoms with van der Waals surface area (Å²) in [6.07, 6.45) is 1.94. The van der Waals surface area contributed by atoms with E-state index in [9.17, 15) is 4.79 Å². The Morgan fingerprint density at radius 2 is 1.84 bits per heavy atom. The second-order valence-corrected chi connectivity index (χ2v) is 6.50. The molecule has 0 aliphatic carbocycles. The number of amides is 1. The summed E-state index contributed by atoms with van der Waals surface area (Å²) in [5.41, 5.74) is 2.70. The van der Waals surface area contributed by atoms with E-state index < -0.39 is 0 Å². The van der Waals surface area contributed by atoms with Crippen molar-refractivity contribution < 1.29 is 9.53 Å². The fourth-order valence-corrected chi connectivity index (χ4v) is 3.07. The molecule has 4 heteroatoms. The van der Waals surface area contributed by atoms with Crippen molar-refractivity contribution in [2.75, 3.05) is 11.9 Å². The minimum absolute atomic E-state index is 0.0844. The van der Waals surface area contributed by atoms with Crippen molar-refractivity contribution in [1.29, 1.82) is 0 Å². The number of fused-ring (bicyclic) bond motifs is 1. The van der Waals surface area contributed by atoms with E-state index in [1.807, 2.05) is 53.4 Å². The second-order valence-electron chi connectivity index (χ2n) is 6.50. The van der Waals surface area contributed by atoms with Crippen LogP contribution in [0.2, 0.25) is 0 Å². The zero-order valence-corrected chi connectivity index (χ0v) is 15.2. The fraction of sp³-hybridized carbons (Fsp3) is 0.381. The molecule has 0 bridgehead atoms. The molecule has 0 radical (unpaired) electrons. The molecule has 0 aromatic heterocycles. The summed E-state index contributed by atoms with van der Waals surface area (Å²) in [5, 5.41) is 3.51. The summed E-state index contributed by atoms with van der Waals surface area (Å²) in [5.74, 6) is 0.948. The predicted octanol–water partition coefficient (Wildman–Crippen LogP) is 4.84. The SMILES string of the molecule is CCCN1C(=O)c2ccccc2NC1c1ccc(OC(C)CC)cc1. The van der Waals surface area contributed by atoms with E-state index in [0.717, 1.165) is 42.0 Å². The van der Waals surface area contributed by atoms with Crippen molar-refractivity contribution in [3.63, 3.8) is 0 Å². The van der Waals surface area contributed by atoms with Crippen LogP contribution in [0.1, 0.15) is 55.7 Å². The topological polar surface area (TPSA) is 41.6 Å². The average molecular weight is 338 g/mol. The number of anilines is 1. The Hall–Kier alpha value is -2.49. The lowest BCUT2D eigenvalue weighted by Gasteiger charge is -2.38. The Balaban J connectivity index is 1.88. The van der Waals surface area contributed by atoms with Gasteiger partial charge in [0.2, 0.25) is 0 Å². The van der Waals surface area contributed by atoms with Gasteiger partial charge in [0.15, 0.2) is 0 Å². The third kappa shape index (κ3) is 3.63. The van der Waals surface area contributed by atoms with Crippen molar-refractivity contribution >= 4 is 11.6 Å². The van der Waals surface area contributed by atoms with Crippen LogP contribution < -0.4 is 10.1 Å². The number of para-hydroxylation sites is 1. The molecule has 2 aromatic carbocycles. The highest BCUT2D eigenvalue weighted by Gasteiger charge is 2.32. The molecular weight excluding hydrogens is 312 g/mol. The highest BCUT2D eigenvalue weighted by atomic mass is 16.5. The zero-order valence-electron chi connectivity index (χ0n) is 15.2. The standard InChI is InChI=1S/C21H26N2O2/c1-4-14-23-20(22-19-9-7-6-8-18(19)21(23)24)16-10-12-17(13-11-16)25-15(3)5-2/h6-13,15,20,22H,4-5,14H2,1-3H3. The molecular formula is C21H26N2O2. The third-order valence-corrected chi connectivity index (χ3v) is 4.59. The Labute approximate surface area is 149 Å². The molecule has 0 saturated carbocycles. The molecule has 132 valence electrons. The number of benzene rings is 2. The lowest BCUT2D eigenvalue weighted by molar-refractivity contribution is 0.0683. The summed E-state index contributed by atoms with van der Waals surface area (Å²) in [6.45, 7) is 6.98. The number of nitrogens with zero attached hydrogens (tertiary/aromatic N) is 1. The van der Waals surface area contributed by atoms with Crippen LogP contribution in [0.3, 0.4) is 0 Å². The monoisotopic (exact) mass is 338 g/mol. The lowest BCUT2D eigenvalue weighted by Crippen LogP contribution is -2.43. The first kappa shape index (κ1) is 17.3. The number of carbonyl (C=O) groups is 1. The zero-order chi connectivity index (χ0) is 17.8. The normalized spacial score (nSPS) is 17.6. The smallest absolute Gasteiger partial charge is 0.257 e. The Morgan fingerprint density at radius 3 is 2.52 bits per heavy atom. The van der Waals surface area contributed by atoms with E-state index in [0.29, 0.717) is 0 Å². The Morgan fingerprint density at radius 1 is 1.12 bits per heavy atom. The lowest BCUT2D eigenvalue weighted by atomic mass is 10.0. The molecule has 3 rings (SSSR count). The average Bonchev–Trinajstić information content (AvgIpc) is 2.64. The predicted molar refractivity (Wildman–Crippen MR) is 101 cm³/mol. The van der Waals surface area contributed by atoms with Crippen molar-refractivity contribution in [3.05, 3.63) is 59.7 Å². The van der Waals surface area contributed by atoms with E-state index in [4.69, 9.17) is 4.74 Å². The summed E-state index contributed by atoms with van der Waals surface area (Å²) < 4.78 is 5.86. The van der Waals surface area contributed by atoms with Gasteiger partial charge in [0.05, 0.1) is 11.7 Å². The number of ether oxygens (including phenoxy) is 1. The summed E-state index contributed by atoms with van der Waals surface area (Å²) in [6, 6.07) is 15.8. The maximum Gasteiger partial charge on any atom is 0.257 e. The van der Waals surface area contributed by atoms with E-state index in [2.05, 4.69) is 26.1 Å². The van der Waals surface area contributed by atoms with Gasteiger partial charge in [-0.1, -0.05) is 38.1 Å². The Kier molecular flexibility index (Phi) is 5.27. The van der Waals surface area contributed by atoms with Crippen molar-refractivity contribution in [2.45, 2.75) is 45.9 Å². The van der Waals surface area contributed by atoms with Gasteiger partial charge in [-0.15, -0.1) is 0 Å². The quantitative estimate of drug-likeness (QED) is 0.819. The van der Waals surface area contributed by atoms with Crippen LogP contribution >= 0.6 is 0 Å². The molecule has 1 N–H and O–H groups in total. The van der Waals surface area contributed by atoms with Gasteiger partial charge in [-0.05, 0) is 49.6 Å². The molecule has 0 spiro atoms. The summed E-state index contributed by atoms with van der Waals surface area (Å²) in [7, 11) is 0. The third-order valence-electron chi connectivity index (χ3n) is 4.59. The van der Waals surface area contributed by atoms with Gasteiger partial charge in [-0.2, -0.15) is 0 Å². The van der Waals surface area contributed by atoms with Crippen LogP contribution in [0.5, 0.6) is 5.75 Å². The van der Waals surface area contributed by atoms with Gasteiger partial charge in [-0.3, -0.25) is 4.79 Å². The first-order valence-corrected chi connectivity index (χ1v) is 9.07. The van der Waals surface area contributed by atoms with Crippen LogP contribution in [0.15, 0.2) is 48.5 Å². The van der Waals surface area contributed by atoms with E-state index in [1.54, 1.807) is 0 Å². The van der Waals surface area contributed by atoms with Crippen LogP contribution in [-0.4, -0.2) is 23.5 Å². The van der Waals surface area contributed by atoms with Gasteiger partial charge in [0.25, 0.3) is 5.91 Å². The summed E-state index contributed by atoms with van der Waals surface area (Å²) >= 11 is 0. The molecule has 2 aromatic rings. The van der Waals surface area contributed by atoms with Gasteiger partial charge in [0.1, 0.15) is 11.9 Å². The van der Waals surface area contributed by atoms with Crippen LogP contribution in [-0.2, 0) is 0 Å². The minimum Gasteiger partial charge on any atom is -0.491 e. The van der Waals surface area contributed by atoms with Gasteiger partial charge in [0, 0.05) is 12.2 Å². The molecule has 1 amide bonds. The molecule has 1 aliphatic rings. The second kappa shape index (κ2) is 7.60. The first-order valence-electron chi connectivity index (χ1n) is 9.07. The minimum atomic E-state index is -0.153. The van der Waals surface area contributed by atoms with Gasteiger partial charge >= 0.3 is 0 Å². The van der Waals surface area contributed by atoms with E-state index >= 15 is 0 Å². The van der Waals surface area contributed by atoms with Crippen LogP contribution in [0.4, 0.5) is 5.69 Å². The number of hydrogen-bond donors (Lipinski definition) is 1. The molecule has 25 heavy (non-hydrogen) atoms. The highest BCUT2D eigenvalue weighted by molar-refractivity contribution is 6.01. The molecule has 0 fully saturated rings. The van der Waals surface area contributed by atoms with Crippen LogP contribution in [0.25, 0.3) is 0 Å². The molecule has 4 nitrogen and oxygen atoms in total. The molecule has 1 heterocycles. The van der Waals surface area contributed by atoms with Gasteiger partial charge < -0.3 is 15.0 Å². The first-order chi connectivity index (χ1) is 12.1. The molecule has 1 aliphatic heterocycles. The summed E-state index contributed by atoms with van der Waals surface area (Å²) in [4.78, 5) is 14.8. The van der Waals surface area contributed by atoms with Crippen molar-refractivity contribution in [1.82, 2.24) is 4.90 Å². The van der Waals surface area contributed by atoms with Gasteiger partial charge in [-0.25, -0.2) is 0 Å². The number of carbonyl (C=O) groups excluding carboxylic acids is 1. The van der Waals surface area contributed by atoms with Crippen molar-refractivity contribution in [3.8, 4) is 5.75 Å². The number of nitrogens with one attached hydrogen (secondary N) is 1. The number of hydrogen-bond acceptors (Lipinski definition) is 3. The van der Waals surface area contributed by atoms with E-state index in [1.165, 1.54) is 0 Å². The maximum absolute atomic E-state index is 12.9. The maximum atomic E-state index is 12.9.